The van der Waals surface area contributed by atoms with E-state index in [2.05, 4.69) is 17.1 Å². The van der Waals surface area contributed by atoms with Crippen LogP contribution in [0.5, 0.6) is 5.75 Å². The maximum atomic E-state index is 8.67. The van der Waals surface area contributed by atoms with Gasteiger partial charge in [-0.1, -0.05) is 6.92 Å². The molecule has 0 aliphatic carbocycles. The van der Waals surface area contributed by atoms with Gasteiger partial charge >= 0.3 is 0 Å². The van der Waals surface area contributed by atoms with Crippen LogP contribution in [0.2, 0.25) is 0 Å². The van der Waals surface area contributed by atoms with Crippen molar-refractivity contribution in [1.29, 1.82) is 10.5 Å². The Labute approximate surface area is 131 Å². The third kappa shape index (κ3) is 4.51. The fraction of sp³-hybridized carbons (Fsp3) is 0.412. The molecule has 0 saturated carbocycles. The third-order valence-corrected chi connectivity index (χ3v) is 3.69. The van der Waals surface area contributed by atoms with E-state index in [9.17, 15) is 0 Å². The quantitative estimate of drug-likeness (QED) is 0.846. The van der Waals surface area contributed by atoms with Crippen molar-refractivity contribution in [2.45, 2.75) is 25.9 Å². The van der Waals surface area contributed by atoms with Gasteiger partial charge in [0.05, 0.1) is 0 Å². The van der Waals surface area contributed by atoms with Crippen LogP contribution in [0.3, 0.4) is 0 Å². The zero-order valence-electron chi connectivity index (χ0n) is 12.7. The normalized spacial score (nSPS) is 17.9. The molecule has 1 heterocycles. The lowest BCUT2D eigenvalue weighted by atomic mass is 10.1. The van der Waals surface area contributed by atoms with Crippen molar-refractivity contribution in [1.82, 2.24) is 4.90 Å². The van der Waals surface area contributed by atoms with Crippen LogP contribution in [0.15, 0.2) is 36.0 Å². The standard InChI is InChI=1S/C17H20N4O/c1-2-21-9-3-4-17(13-21)22-16-7-5-15(6-8-16)20-12-14(10-18)11-19/h5-8,12,17,20H,2-4,9,13H2,1H3. The van der Waals surface area contributed by atoms with Gasteiger partial charge in [0.15, 0.2) is 0 Å². The minimum Gasteiger partial charge on any atom is -0.489 e. The third-order valence-electron chi connectivity index (χ3n) is 3.69. The second-order valence-corrected chi connectivity index (χ2v) is 5.23. The summed E-state index contributed by atoms with van der Waals surface area (Å²) in [6.45, 7) is 5.38. The molecule has 1 fully saturated rings. The summed E-state index contributed by atoms with van der Waals surface area (Å²) in [6.07, 6.45) is 3.91. The van der Waals surface area contributed by atoms with E-state index < -0.39 is 0 Å². The van der Waals surface area contributed by atoms with Gasteiger partial charge in [0.25, 0.3) is 0 Å². The highest BCUT2D eigenvalue weighted by Crippen LogP contribution is 2.20. The Morgan fingerprint density at radius 2 is 2.09 bits per heavy atom. The molecule has 1 aliphatic heterocycles. The number of likely N-dealkylation sites (N-methyl/N-ethyl adjacent to an activating group) is 1. The Morgan fingerprint density at radius 1 is 1.36 bits per heavy atom. The number of likely N-dealkylation sites (tertiary alicyclic amines) is 1. The number of nitrogens with one attached hydrogen (secondary N) is 1. The molecule has 0 aromatic heterocycles. The number of hydrogen-bond acceptors (Lipinski definition) is 5. The van der Waals surface area contributed by atoms with Gasteiger partial charge in [-0.25, -0.2) is 0 Å². The van der Waals surface area contributed by atoms with Gasteiger partial charge in [0.2, 0.25) is 0 Å². The molecule has 0 bridgehead atoms. The number of nitrogens with zero attached hydrogens (tertiary/aromatic N) is 3. The molecule has 1 aromatic carbocycles. The molecule has 1 saturated heterocycles. The first kappa shape index (κ1) is 15.9. The number of nitriles is 2. The highest BCUT2D eigenvalue weighted by molar-refractivity contribution is 5.51. The van der Waals surface area contributed by atoms with E-state index in [0.717, 1.165) is 37.5 Å². The van der Waals surface area contributed by atoms with Crippen LogP contribution in [0, 0.1) is 22.7 Å². The summed E-state index contributed by atoms with van der Waals surface area (Å²) in [5.41, 5.74) is 0.858. The van der Waals surface area contributed by atoms with Gasteiger partial charge in [0, 0.05) is 18.4 Å². The molecule has 1 aliphatic rings. The van der Waals surface area contributed by atoms with Crippen molar-refractivity contribution in [2.24, 2.45) is 0 Å². The van der Waals surface area contributed by atoms with Crippen molar-refractivity contribution < 1.29 is 4.74 Å². The van der Waals surface area contributed by atoms with Crippen molar-refractivity contribution >= 4 is 5.69 Å². The average molecular weight is 296 g/mol. The van der Waals surface area contributed by atoms with Gasteiger partial charge in [-0.2, -0.15) is 10.5 Å². The van der Waals surface area contributed by atoms with Crippen molar-refractivity contribution in [3.05, 3.63) is 36.0 Å². The van der Waals surface area contributed by atoms with Gasteiger partial charge in [-0.05, 0) is 50.2 Å². The molecule has 2 rings (SSSR count). The van der Waals surface area contributed by atoms with Gasteiger partial charge in [-0.15, -0.1) is 0 Å². The predicted molar refractivity (Wildman–Crippen MR) is 85.1 cm³/mol. The number of allylic oxidation sites excluding steroid dienone is 1. The number of hydrogen-bond donors (Lipinski definition) is 1. The Morgan fingerprint density at radius 3 is 2.73 bits per heavy atom. The van der Waals surface area contributed by atoms with Crippen LogP contribution < -0.4 is 10.1 Å². The van der Waals surface area contributed by atoms with E-state index in [1.807, 2.05) is 24.3 Å². The molecular formula is C17H20N4O. The van der Waals surface area contributed by atoms with Crippen molar-refractivity contribution in [3.63, 3.8) is 0 Å². The molecule has 114 valence electrons. The summed E-state index contributed by atoms with van der Waals surface area (Å²) < 4.78 is 6.02. The molecule has 0 radical (unpaired) electrons. The Bertz CT molecular complexity index is 579. The largest absolute Gasteiger partial charge is 0.489 e. The highest BCUT2D eigenvalue weighted by Gasteiger charge is 2.19. The molecule has 1 unspecified atom stereocenters. The lowest BCUT2D eigenvalue weighted by Crippen LogP contribution is -2.40. The molecule has 5 nitrogen and oxygen atoms in total. The lowest BCUT2D eigenvalue weighted by molar-refractivity contribution is 0.0920. The monoisotopic (exact) mass is 296 g/mol. The Hall–Kier alpha value is -2.50. The second kappa shape index (κ2) is 8.07. The number of ether oxygens (including phenoxy) is 1. The van der Waals surface area contributed by atoms with E-state index in [1.165, 1.54) is 12.6 Å². The minimum atomic E-state index is 0.0437. The van der Waals surface area contributed by atoms with Gasteiger partial charge in [-0.3, -0.25) is 4.90 Å². The van der Waals surface area contributed by atoms with Crippen LogP contribution in [-0.4, -0.2) is 30.6 Å². The van der Waals surface area contributed by atoms with Crippen LogP contribution in [0.4, 0.5) is 5.69 Å². The summed E-state index contributed by atoms with van der Waals surface area (Å²) >= 11 is 0. The first-order chi connectivity index (χ1) is 10.7. The van der Waals surface area contributed by atoms with Crippen molar-refractivity contribution in [3.8, 4) is 17.9 Å². The van der Waals surface area contributed by atoms with Crippen LogP contribution >= 0.6 is 0 Å². The summed E-state index contributed by atoms with van der Waals surface area (Å²) in [5, 5.41) is 20.3. The highest BCUT2D eigenvalue weighted by atomic mass is 16.5. The molecule has 1 aromatic rings. The van der Waals surface area contributed by atoms with E-state index in [0.29, 0.717) is 0 Å². The van der Waals surface area contributed by atoms with E-state index in [1.54, 1.807) is 12.1 Å². The number of benzene rings is 1. The summed E-state index contributed by atoms with van der Waals surface area (Å²) in [4.78, 5) is 2.40. The zero-order valence-corrected chi connectivity index (χ0v) is 12.7. The summed E-state index contributed by atoms with van der Waals surface area (Å²) in [7, 11) is 0. The van der Waals surface area contributed by atoms with E-state index in [4.69, 9.17) is 15.3 Å². The molecule has 0 spiro atoms. The molecule has 5 heteroatoms. The van der Waals surface area contributed by atoms with Crippen LogP contribution in [0.25, 0.3) is 0 Å². The number of piperidine rings is 1. The first-order valence-corrected chi connectivity index (χ1v) is 7.51. The molecular weight excluding hydrogens is 276 g/mol. The fourth-order valence-electron chi connectivity index (χ4n) is 2.46. The lowest BCUT2D eigenvalue weighted by Gasteiger charge is -2.32. The predicted octanol–water partition coefficient (Wildman–Crippen LogP) is 2.89. The van der Waals surface area contributed by atoms with E-state index >= 15 is 0 Å². The average Bonchev–Trinajstić information content (AvgIpc) is 2.57. The maximum Gasteiger partial charge on any atom is 0.145 e. The Kier molecular flexibility index (Phi) is 5.82. The minimum absolute atomic E-state index is 0.0437. The number of anilines is 1. The SMILES string of the molecule is CCN1CCCC(Oc2ccc(NC=C(C#N)C#N)cc2)C1. The van der Waals surface area contributed by atoms with Crippen LogP contribution in [-0.2, 0) is 0 Å². The van der Waals surface area contributed by atoms with Gasteiger partial charge in [0.1, 0.15) is 29.6 Å². The number of rotatable bonds is 5. The molecule has 0 amide bonds. The Balaban J connectivity index is 1.91. The van der Waals surface area contributed by atoms with Crippen molar-refractivity contribution in [2.75, 3.05) is 25.0 Å². The molecule has 22 heavy (non-hydrogen) atoms. The molecule has 1 N–H and O–H groups in total. The summed E-state index contributed by atoms with van der Waals surface area (Å²) in [5.74, 6) is 0.846. The van der Waals surface area contributed by atoms with E-state index in [-0.39, 0.29) is 11.7 Å². The molecule has 1 atom stereocenters. The van der Waals surface area contributed by atoms with Gasteiger partial charge < -0.3 is 10.1 Å². The zero-order chi connectivity index (χ0) is 15.8. The summed E-state index contributed by atoms with van der Waals surface area (Å²) in [6, 6.07) is 11.2. The topological polar surface area (TPSA) is 72.1 Å². The second-order valence-electron chi connectivity index (χ2n) is 5.23. The maximum absolute atomic E-state index is 8.67. The smallest absolute Gasteiger partial charge is 0.145 e. The first-order valence-electron chi connectivity index (χ1n) is 7.51. The fourth-order valence-corrected chi connectivity index (χ4v) is 2.46. The van der Waals surface area contributed by atoms with Crippen LogP contribution in [0.1, 0.15) is 19.8 Å².